The lowest BCUT2D eigenvalue weighted by molar-refractivity contribution is 0.0765. The molecule has 0 aliphatic carbocycles. The highest BCUT2D eigenvalue weighted by Gasteiger charge is 2.24. The number of hydrogen-bond acceptors (Lipinski definition) is 5. The van der Waals surface area contributed by atoms with Crippen molar-refractivity contribution >= 4 is 34.5 Å². The summed E-state index contributed by atoms with van der Waals surface area (Å²) in [5.41, 5.74) is 3.39. The molecule has 1 saturated heterocycles. The Kier molecular flexibility index (Phi) is 6.14. The first-order valence-corrected chi connectivity index (χ1v) is 12.0. The minimum atomic E-state index is -0.287. The molecule has 9 heteroatoms. The van der Waals surface area contributed by atoms with Gasteiger partial charge in [-0.15, -0.1) is 11.3 Å². The van der Waals surface area contributed by atoms with Crippen molar-refractivity contribution in [3.8, 4) is 10.6 Å². The first kappa shape index (κ1) is 22.0. The molecule has 0 radical (unpaired) electrons. The van der Waals surface area contributed by atoms with Gasteiger partial charge in [0, 0.05) is 50.7 Å². The molecule has 1 aromatic carbocycles. The summed E-state index contributed by atoms with van der Waals surface area (Å²) in [5, 5.41) is 1.41. The highest BCUT2D eigenvalue weighted by Crippen LogP contribution is 2.29. The zero-order valence-corrected chi connectivity index (χ0v) is 19.7. The minimum Gasteiger partial charge on any atom is -0.337 e. The van der Waals surface area contributed by atoms with Crippen LogP contribution >= 0.6 is 22.9 Å². The number of aryl methyl sites for hydroxylation is 1. The van der Waals surface area contributed by atoms with Gasteiger partial charge >= 0.3 is 0 Å². The summed E-state index contributed by atoms with van der Waals surface area (Å²) >= 11 is 7.45. The second kappa shape index (κ2) is 9.21. The summed E-state index contributed by atoms with van der Waals surface area (Å²) in [7, 11) is 0. The quantitative estimate of drug-likeness (QED) is 0.414. The number of pyridine rings is 1. The Morgan fingerprint density at radius 2 is 1.88 bits per heavy atom. The van der Waals surface area contributed by atoms with Crippen LogP contribution in [0.2, 0.25) is 5.02 Å². The molecule has 1 aliphatic heterocycles. The Balaban J connectivity index is 1.25. The highest BCUT2D eigenvalue weighted by atomic mass is 35.5. The third-order valence-electron chi connectivity index (χ3n) is 5.81. The molecule has 1 fully saturated rings. The van der Waals surface area contributed by atoms with E-state index >= 15 is 0 Å². The largest absolute Gasteiger partial charge is 0.337 e. The van der Waals surface area contributed by atoms with Gasteiger partial charge < -0.3 is 9.30 Å². The zero-order valence-electron chi connectivity index (χ0n) is 18.2. The van der Waals surface area contributed by atoms with Crippen molar-refractivity contribution in [2.45, 2.75) is 19.9 Å². The van der Waals surface area contributed by atoms with Crippen LogP contribution in [0.25, 0.3) is 16.2 Å². The number of rotatable bonds is 4. The molecular formula is C24H23ClFN5OS. The maximum absolute atomic E-state index is 13.3. The number of hydrogen-bond donors (Lipinski definition) is 0. The molecule has 0 spiro atoms. The number of benzene rings is 1. The molecule has 0 unspecified atom stereocenters. The summed E-state index contributed by atoms with van der Waals surface area (Å²) < 4.78 is 15.2. The van der Waals surface area contributed by atoms with Crippen LogP contribution in [-0.4, -0.2) is 56.3 Å². The standard InChI is InChI=1S/C24H23ClFN5OS/c1-16-22(33-23(27-16)17-3-6-19(26)7-4-17)24(32)30-10-2-9-29(11-12-30)14-20-15-31-13-18(25)5-8-21(31)28-20/h3-8,13,15H,2,9-12,14H2,1H3. The van der Waals surface area contributed by atoms with E-state index < -0.39 is 0 Å². The molecule has 4 aromatic rings. The fraction of sp³-hybridized carbons (Fsp3) is 0.292. The number of fused-ring (bicyclic) bond motifs is 1. The van der Waals surface area contributed by atoms with E-state index in [1.54, 1.807) is 12.1 Å². The van der Waals surface area contributed by atoms with Gasteiger partial charge in [0.1, 0.15) is 21.3 Å². The molecule has 33 heavy (non-hydrogen) atoms. The average Bonchev–Trinajstić information content (AvgIpc) is 3.29. The van der Waals surface area contributed by atoms with Gasteiger partial charge in [-0.25, -0.2) is 14.4 Å². The SMILES string of the molecule is Cc1nc(-c2ccc(F)cc2)sc1C(=O)N1CCCN(Cc2cn3cc(Cl)ccc3n2)CC1. The van der Waals surface area contributed by atoms with Crippen molar-refractivity contribution in [3.05, 3.63) is 75.9 Å². The summed E-state index contributed by atoms with van der Waals surface area (Å²) in [6, 6.07) is 9.96. The van der Waals surface area contributed by atoms with Gasteiger partial charge in [0.05, 0.1) is 16.4 Å². The normalized spacial score (nSPS) is 15.2. The highest BCUT2D eigenvalue weighted by molar-refractivity contribution is 7.17. The Labute approximate surface area is 200 Å². The summed E-state index contributed by atoms with van der Waals surface area (Å²) in [6.07, 6.45) is 4.76. The molecule has 0 N–H and O–H groups in total. The summed E-state index contributed by atoms with van der Waals surface area (Å²) in [4.78, 5) is 27.4. The number of halogens is 2. The van der Waals surface area contributed by atoms with Crippen LogP contribution in [0.15, 0.2) is 48.8 Å². The van der Waals surface area contributed by atoms with Crippen LogP contribution in [0.1, 0.15) is 27.5 Å². The summed E-state index contributed by atoms with van der Waals surface area (Å²) in [5.74, 6) is -0.271. The summed E-state index contributed by atoms with van der Waals surface area (Å²) in [6.45, 7) is 5.64. The van der Waals surface area contributed by atoms with Crippen molar-refractivity contribution in [2.24, 2.45) is 0 Å². The molecule has 6 nitrogen and oxygen atoms in total. The lowest BCUT2D eigenvalue weighted by Gasteiger charge is -2.21. The molecule has 0 bridgehead atoms. The van der Waals surface area contributed by atoms with E-state index in [0.29, 0.717) is 28.7 Å². The van der Waals surface area contributed by atoms with Gasteiger partial charge in [-0.1, -0.05) is 11.6 Å². The number of imidazole rings is 1. The molecule has 1 amide bonds. The molecular weight excluding hydrogens is 461 g/mol. The van der Waals surface area contributed by atoms with Gasteiger partial charge in [-0.2, -0.15) is 0 Å². The monoisotopic (exact) mass is 483 g/mol. The maximum atomic E-state index is 13.3. The maximum Gasteiger partial charge on any atom is 0.265 e. The Morgan fingerprint density at radius 1 is 1.06 bits per heavy atom. The third kappa shape index (κ3) is 4.78. The van der Waals surface area contributed by atoms with Crippen LogP contribution < -0.4 is 0 Å². The van der Waals surface area contributed by atoms with Crippen molar-refractivity contribution in [3.63, 3.8) is 0 Å². The minimum absolute atomic E-state index is 0.0163. The third-order valence-corrected chi connectivity index (χ3v) is 7.23. The number of thiazole rings is 1. The molecule has 170 valence electrons. The predicted molar refractivity (Wildman–Crippen MR) is 128 cm³/mol. The van der Waals surface area contributed by atoms with Gasteiger partial charge in [-0.05, 0) is 49.7 Å². The lowest BCUT2D eigenvalue weighted by Crippen LogP contribution is -2.35. The van der Waals surface area contributed by atoms with E-state index in [-0.39, 0.29) is 11.7 Å². The van der Waals surface area contributed by atoms with E-state index in [0.717, 1.165) is 48.0 Å². The van der Waals surface area contributed by atoms with E-state index in [1.165, 1.54) is 23.5 Å². The second-order valence-corrected chi connectivity index (χ2v) is 9.64. The Hall–Kier alpha value is -2.81. The number of nitrogens with zero attached hydrogens (tertiary/aromatic N) is 5. The van der Waals surface area contributed by atoms with E-state index in [9.17, 15) is 9.18 Å². The first-order chi connectivity index (χ1) is 16.0. The molecule has 4 heterocycles. The topological polar surface area (TPSA) is 53.7 Å². The number of amides is 1. The van der Waals surface area contributed by atoms with E-state index in [1.807, 2.05) is 40.8 Å². The number of aromatic nitrogens is 3. The molecule has 0 saturated carbocycles. The second-order valence-electron chi connectivity index (χ2n) is 8.21. The Bertz CT molecular complexity index is 1300. The first-order valence-electron chi connectivity index (χ1n) is 10.8. The van der Waals surface area contributed by atoms with Gasteiger partial charge in [0.2, 0.25) is 0 Å². The van der Waals surface area contributed by atoms with Crippen LogP contribution in [-0.2, 0) is 6.54 Å². The van der Waals surface area contributed by atoms with Crippen molar-refractivity contribution in [1.82, 2.24) is 24.2 Å². The lowest BCUT2D eigenvalue weighted by atomic mass is 10.2. The average molecular weight is 484 g/mol. The van der Waals surface area contributed by atoms with E-state index in [4.69, 9.17) is 11.6 Å². The van der Waals surface area contributed by atoms with Crippen LogP contribution in [0.5, 0.6) is 0 Å². The van der Waals surface area contributed by atoms with Crippen molar-refractivity contribution in [1.29, 1.82) is 0 Å². The van der Waals surface area contributed by atoms with Gasteiger partial charge in [0.15, 0.2) is 0 Å². The van der Waals surface area contributed by atoms with Crippen molar-refractivity contribution in [2.75, 3.05) is 26.2 Å². The predicted octanol–water partition coefficient (Wildman–Crippen LogP) is 4.91. The van der Waals surface area contributed by atoms with Crippen molar-refractivity contribution < 1.29 is 9.18 Å². The van der Waals surface area contributed by atoms with Crippen LogP contribution in [0.3, 0.4) is 0 Å². The zero-order chi connectivity index (χ0) is 22.9. The van der Waals surface area contributed by atoms with Gasteiger partial charge in [0.25, 0.3) is 5.91 Å². The van der Waals surface area contributed by atoms with Gasteiger partial charge in [-0.3, -0.25) is 9.69 Å². The molecule has 5 rings (SSSR count). The molecule has 3 aromatic heterocycles. The molecule has 0 atom stereocenters. The molecule has 1 aliphatic rings. The number of carbonyl (C=O) groups excluding carboxylic acids is 1. The van der Waals surface area contributed by atoms with Crippen LogP contribution in [0, 0.1) is 12.7 Å². The number of carbonyl (C=O) groups is 1. The smallest absolute Gasteiger partial charge is 0.265 e. The fourth-order valence-corrected chi connectivity index (χ4v) is 5.32. The van der Waals surface area contributed by atoms with E-state index in [2.05, 4.69) is 14.9 Å². The van der Waals surface area contributed by atoms with Crippen LogP contribution in [0.4, 0.5) is 4.39 Å². The Morgan fingerprint density at radius 3 is 2.70 bits per heavy atom. The fourth-order valence-electron chi connectivity index (χ4n) is 4.11.